The molecular formula is C19H24N4. The molecular weight excluding hydrogens is 284 g/mol. The van der Waals surface area contributed by atoms with Crippen LogP contribution in [0.4, 0.5) is 0 Å². The second-order valence-electron chi connectivity index (χ2n) is 5.39. The summed E-state index contributed by atoms with van der Waals surface area (Å²) in [5.41, 5.74) is 5.90. The second kappa shape index (κ2) is 8.34. The quantitative estimate of drug-likeness (QED) is 0.796. The molecule has 0 aliphatic rings. The van der Waals surface area contributed by atoms with E-state index in [1.807, 2.05) is 43.5 Å². The van der Waals surface area contributed by atoms with Gasteiger partial charge in [-0.25, -0.2) is 4.98 Å². The number of nitrogens with zero attached hydrogens (tertiary/aromatic N) is 3. The Hall–Kier alpha value is -2.33. The average Bonchev–Trinajstić information content (AvgIpc) is 2.56. The molecule has 0 saturated heterocycles. The molecule has 0 radical (unpaired) electrons. The van der Waals surface area contributed by atoms with E-state index in [1.54, 1.807) is 6.20 Å². The summed E-state index contributed by atoms with van der Waals surface area (Å²) in [6.07, 6.45) is 3.63. The monoisotopic (exact) mass is 308 g/mol. The van der Waals surface area contributed by atoms with Crippen molar-refractivity contribution < 1.29 is 0 Å². The minimum Gasteiger partial charge on any atom is -0.317 e. The summed E-state index contributed by atoms with van der Waals surface area (Å²) < 4.78 is 0. The predicted molar refractivity (Wildman–Crippen MR) is 96.5 cm³/mol. The van der Waals surface area contributed by atoms with Gasteiger partial charge >= 0.3 is 0 Å². The van der Waals surface area contributed by atoms with E-state index in [0.717, 1.165) is 41.1 Å². The molecule has 1 N–H and O–H groups in total. The Balaban J connectivity index is 0.000000338. The summed E-state index contributed by atoms with van der Waals surface area (Å²) in [5, 5.41) is 3.11. The molecule has 0 unspecified atom stereocenters. The zero-order valence-corrected chi connectivity index (χ0v) is 14.3. The maximum Gasteiger partial charge on any atom is 0.0908 e. The lowest BCUT2D eigenvalue weighted by molar-refractivity contribution is 0.762. The summed E-state index contributed by atoms with van der Waals surface area (Å²) in [5.74, 6) is 0. The summed E-state index contributed by atoms with van der Waals surface area (Å²) in [4.78, 5) is 13.3. The van der Waals surface area contributed by atoms with Gasteiger partial charge in [0.1, 0.15) is 0 Å². The van der Waals surface area contributed by atoms with E-state index in [2.05, 4.69) is 41.0 Å². The van der Waals surface area contributed by atoms with E-state index >= 15 is 0 Å². The summed E-state index contributed by atoms with van der Waals surface area (Å²) in [6.45, 7) is 10.4. The molecule has 0 fully saturated rings. The Kier molecular flexibility index (Phi) is 6.18. The first kappa shape index (κ1) is 17.0. The topological polar surface area (TPSA) is 50.7 Å². The number of aryl methyl sites for hydroxylation is 2. The molecule has 0 saturated carbocycles. The first-order chi connectivity index (χ1) is 11.1. The maximum atomic E-state index is 4.63. The van der Waals surface area contributed by atoms with Crippen molar-refractivity contribution in [1.82, 2.24) is 20.3 Å². The highest BCUT2D eigenvalue weighted by atomic mass is 14.8. The first-order valence-electron chi connectivity index (χ1n) is 8.01. The van der Waals surface area contributed by atoms with Crippen LogP contribution < -0.4 is 5.32 Å². The molecule has 3 rings (SSSR count). The molecule has 0 spiro atoms. The molecule has 0 amide bonds. The van der Waals surface area contributed by atoms with Crippen LogP contribution in [0.1, 0.15) is 25.1 Å². The summed E-state index contributed by atoms with van der Waals surface area (Å²) in [7, 11) is 0. The van der Waals surface area contributed by atoms with Gasteiger partial charge in [0.05, 0.1) is 22.9 Å². The van der Waals surface area contributed by atoms with Crippen molar-refractivity contribution in [2.45, 2.75) is 27.7 Å². The zero-order valence-electron chi connectivity index (χ0n) is 14.3. The smallest absolute Gasteiger partial charge is 0.0908 e. The number of nitrogens with one attached hydrogen (secondary N) is 1. The van der Waals surface area contributed by atoms with Crippen LogP contribution in [-0.4, -0.2) is 28.0 Å². The van der Waals surface area contributed by atoms with E-state index in [1.165, 1.54) is 5.56 Å². The molecule has 3 aromatic rings. The Morgan fingerprint density at radius 2 is 1.65 bits per heavy atom. The summed E-state index contributed by atoms with van der Waals surface area (Å²) in [6, 6.07) is 10.1. The van der Waals surface area contributed by atoms with Gasteiger partial charge in [-0.1, -0.05) is 19.9 Å². The minimum atomic E-state index is 0.862. The van der Waals surface area contributed by atoms with Crippen molar-refractivity contribution in [1.29, 1.82) is 0 Å². The fourth-order valence-electron chi connectivity index (χ4n) is 2.13. The fraction of sp³-hybridized carbons (Fsp3) is 0.316. The Bertz CT molecular complexity index is 749. The van der Waals surface area contributed by atoms with Crippen molar-refractivity contribution in [3.63, 3.8) is 0 Å². The lowest BCUT2D eigenvalue weighted by atomic mass is 10.2. The first-order valence-corrected chi connectivity index (χ1v) is 8.01. The Morgan fingerprint density at radius 1 is 0.870 bits per heavy atom. The Morgan fingerprint density at radius 3 is 2.26 bits per heavy atom. The molecule has 0 aliphatic carbocycles. The normalized spacial score (nSPS) is 10.3. The van der Waals surface area contributed by atoms with E-state index in [4.69, 9.17) is 0 Å². The molecule has 2 aromatic heterocycles. The molecule has 23 heavy (non-hydrogen) atoms. The van der Waals surface area contributed by atoms with Crippen LogP contribution in [0.15, 0.2) is 42.7 Å². The maximum absolute atomic E-state index is 4.63. The van der Waals surface area contributed by atoms with Crippen LogP contribution in [0.5, 0.6) is 0 Å². The number of fused-ring (bicyclic) bond motifs is 1. The lowest BCUT2D eigenvalue weighted by Gasteiger charge is -2.03. The van der Waals surface area contributed by atoms with Crippen molar-refractivity contribution in [2.75, 3.05) is 13.1 Å². The van der Waals surface area contributed by atoms with E-state index in [-0.39, 0.29) is 0 Å². The van der Waals surface area contributed by atoms with Gasteiger partial charge < -0.3 is 5.32 Å². The van der Waals surface area contributed by atoms with E-state index < -0.39 is 0 Å². The van der Waals surface area contributed by atoms with Crippen molar-refractivity contribution >= 4 is 11.0 Å². The molecule has 1 aromatic carbocycles. The molecule has 4 heteroatoms. The van der Waals surface area contributed by atoms with E-state index in [9.17, 15) is 0 Å². The number of rotatable bonds is 3. The van der Waals surface area contributed by atoms with Crippen LogP contribution >= 0.6 is 0 Å². The highest BCUT2D eigenvalue weighted by molar-refractivity contribution is 5.77. The van der Waals surface area contributed by atoms with Crippen molar-refractivity contribution in [2.24, 2.45) is 0 Å². The van der Waals surface area contributed by atoms with Gasteiger partial charge in [-0.05, 0) is 56.8 Å². The molecule has 120 valence electrons. The summed E-state index contributed by atoms with van der Waals surface area (Å²) >= 11 is 0. The average molecular weight is 308 g/mol. The van der Waals surface area contributed by atoms with Crippen molar-refractivity contribution in [3.05, 3.63) is 54.0 Å². The van der Waals surface area contributed by atoms with Crippen LogP contribution in [0, 0.1) is 13.8 Å². The van der Waals surface area contributed by atoms with Gasteiger partial charge in [-0.2, -0.15) is 0 Å². The van der Waals surface area contributed by atoms with Gasteiger partial charge in [0, 0.05) is 17.5 Å². The molecule has 0 bridgehead atoms. The van der Waals surface area contributed by atoms with Crippen LogP contribution in [-0.2, 0) is 0 Å². The largest absolute Gasteiger partial charge is 0.317 e. The van der Waals surface area contributed by atoms with Gasteiger partial charge in [0.2, 0.25) is 0 Å². The number of benzene rings is 1. The third-order valence-electron chi connectivity index (χ3n) is 3.40. The van der Waals surface area contributed by atoms with Gasteiger partial charge in [-0.15, -0.1) is 0 Å². The molecule has 0 aliphatic heterocycles. The lowest BCUT2D eigenvalue weighted by Crippen LogP contribution is -2.09. The predicted octanol–water partition coefficient (Wildman–Crippen LogP) is 3.92. The van der Waals surface area contributed by atoms with Crippen LogP contribution in [0.2, 0.25) is 0 Å². The molecule has 0 atom stereocenters. The number of pyridine rings is 1. The standard InChI is InChI=1S/C15H13N3.C4H11N/c1-10-3-6-13-14(7-10)18-15(9-17-13)12-5-4-11(2)16-8-12;1-3-5-4-2/h3-9H,1-2H3;5H,3-4H2,1-2H3. The van der Waals surface area contributed by atoms with Crippen molar-refractivity contribution in [3.8, 4) is 11.3 Å². The molecule has 2 heterocycles. The third kappa shape index (κ3) is 4.83. The number of hydrogen-bond donors (Lipinski definition) is 1. The Labute approximate surface area is 138 Å². The van der Waals surface area contributed by atoms with E-state index in [0.29, 0.717) is 0 Å². The van der Waals surface area contributed by atoms with Gasteiger partial charge in [-0.3, -0.25) is 9.97 Å². The van der Waals surface area contributed by atoms with Gasteiger partial charge in [0.15, 0.2) is 0 Å². The fourth-order valence-corrected chi connectivity index (χ4v) is 2.13. The highest BCUT2D eigenvalue weighted by Crippen LogP contribution is 2.19. The molecule has 4 nitrogen and oxygen atoms in total. The highest BCUT2D eigenvalue weighted by Gasteiger charge is 2.03. The third-order valence-corrected chi connectivity index (χ3v) is 3.40. The second-order valence-corrected chi connectivity index (χ2v) is 5.39. The SMILES string of the molecule is CCNCC.Cc1ccc2ncc(-c3ccc(C)nc3)nc2c1. The minimum absolute atomic E-state index is 0.862. The number of aromatic nitrogens is 3. The van der Waals surface area contributed by atoms with Gasteiger partial charge in [0.25, 0.3) is 0 Å². The zero-order chi connectivity index (χ0) is 16.7. The van der Waals surface area contributed by atoms with Crippen LogP contribution in [0.25, 0.3) is 22.3 Å². The number of hydrogen-bond acceptors (Lipinski definition) is 4. The van der Waals surface area contributed by atoms with Crippen LogP contribution in [0.3, 0.4) is 0 Å².